The molecular formula is C19H25NO. The molecule has 0 bridgehead atoms. The second-order valence-corrected chi connectivity index (χ2v) is 7.26. The fourth-order valence-electron chi connectivity index (χ4n) is 3.55. The third-order valence-corrected chi connectivity index (χ3v) is 5.13. The quantitative estimate of drug-likeness (QED) is 0.802. The molecule has 112 valence electrons. The molecular weight excluding hydrogens is 258 g/mol. The van der Waals surface area contributed by atoms with Crippen molar-refractivity contribution in [1.82, 2.24) is 0 Å². The summed E-state index contributed by atoms with van der Waals surface area (Å²) in [7, 11) is 0. The first-order chi connectivity index (χ1) is 10.3. The summed E-state index contributed by atoms with van der Waals surface area (Å²) in [5.74, 6) is 3.74. The summed E-state index contributed by atoms with van der Waals surface area (Å²) in [6, 6.07) is 8.63. The number of aliphatic imine (C=N–C) groups is 1. The molecule has 0 radical (unpaired) electrons. The van der Waals surface area contributed by atoms with E-state index in [1.807, 2.05) is 0 Å². The highest BCUT2D eigenvalue weighted by atomic mass is 16.5. The van der Waals surface area contributed by atoms with Crippen molar-refractivity contribution in [3.63, 3.8) is 0 Å². The third-order valence-electron chi connectivity index (χ3n) is 5.13. The van der Waals surface area contributed by atoms with Crippen LogP contribution in [0.25, 0.3) is 0 Å². The molecule has 4 rings (SSSR count). The van der Waals surface area contributed by atoms with Crippen LogP contribution < -0.4 is 4.74 Å². The Morgan fingerprint density at radius 1 is 1.00 bits per heavy atom. The van der Waals surface area contributed by atoms with Crippen LogP contribution in [0.4, 0.5) is 0 Å². The fraction of sp³-hybridized carbons (Fsp3) is 0.632. The molecule has 3 aliphatic rings. The Kier molecular flexibility index (Phi) is 3.48. The molecule has 1 aliphatic heterocycles. The number of rotatable bonds is 3. The average Bonchev–Trinajstić information content (AvgIpc) is 3.39. The van der Waals surface area contributed by atoms with E-state index in [1.165, 1.54) is 43.4 Å². The Morgan fingerprint density at radius 3 is 2.57 bits per heavy atom. The van der Waals surface area contributed by atoms with Crippen LogP contribution in [0.1, 0.15) is 51.0 Å². The van der Waals surface area contributed by atoms with Crippen molar-refractivity contribution >= 4 is 5.71 Å². The van der Waals surface area contributed by atoms with Crippen molar-refractivity contribution < 1.29 is 4.74 Å². The van der Waals surface area contributed by atoms with Gasteiger partial charge in [0.15, 0.2) is 0 Å². The van der Waals surface area contributed by atoms with Gasteiger partial charge in [-0.05, 0) is 86.1 Å². The maximum Gasteiger partial charge on any atom is 0.119 e. The minimum atomic E-state index is 0.478. The van der Waals surface area contributed by atoms with Gasteiger partial charge in [-0.1, -0.05) is 6.92 Å². The Balaban J connectivity index is 1.48. The number of fused-ring (bicyclic) bond motifs is 1. The highest BCUT2D eigenvalue weighted by Gasteiger charge is 2.37. The second-order valence-electron chi connectivity index (χ2n) is 7.26. The van der Waals surface area contributed by atoms with Gasteiger partial charge in [-0.25, -0.2) is 0 Å². The minimum absolute atomic E-state index is 0.478. The first-order valence-electron chi connectivity index (χ1n) is 8.58. The summed E-state index contributed by atoms with van der Waals surface area (Å²) in [4.78, 5) is 4.93. The van der Waals surface area contributed by atoms with Crippen LogP contribution >= 0.6 is 0 Å². The predicted octanol–water partition coefficient (Wildman–Crippen LogP) is 4.47. The molecule has 1 aromatic carbocycles. The molecule has 1 heterocycles. The fourth-order valence-corrected chi connectivity index (χ4v) is 3.55. The lowest BCUT2D eigenvalue weighted by Crippen LogP contribution is -2.06. The third kappa shape index (κ3) is 3.30. The molecule has 0 amide bonds. The Hall–Kier alpha value is -1.31. The topological polar surface area (TPSA) is 21.6 Å². The first-order valence-corrected chi connectivity index (χ1v) is 8.58. The van der Waals surface area contributed by atoms with Crippen molar-refractivity contribution in [2.75, 3.05) is 6.54 Å². The number of hydrogen-bond acceptors (Lipinski definition) is 2. The number of hydrogen-bond donors (Lipinski definition) is 0. The van der Waals surface area contributed by atoms with E-state index >= 15 is 0 Å². The molecule has 2 fully saturated rings. The van der Waals surface area contributed by atoms with Gasteiger partial charge in [-0.3, -0.25) is 4.99 Å². The highest BCUT2D eigenvalue weighted by molar-refractivity contribution is 6.00. The van der Waals surface area contributed by atoms with E-state index in [0.717, 1.165) is 36.5 Å². The van der Waals surface area contributed by atoms with Gasteiger partial charge in [0.05, 0.1) is 6.10 Å². The summed E-state index contributed by atoms with van der Waals surface area (Å²) >= 11 is 0. The normalized spacial score (nSPS) is 32.2. The van der Waals surface area contributed by atoms with Crippen LogP contribution in [0.3, 0.4) is 0 Å². The second kappa shape index (κ2) is 5.47. The van der Waals surface area contributed by atoms with Gasteiger partial charge >= 0.3 is 0 Å². The Morgan fingerprint density at radius 2 is 1.81 bits per heavy atom. The van der Waals surface area contributed by atoms with Crippen LogP contribution in [0.5, 0.6) is 5.75 Å². The Bertz CT molecular complexity index is 529. The molecule has 21 heavy (non-hydrogen) atoms. The van der Waals surface area contributed by atoms with Crippen molar-refractivity contribution in [2.24, 2.45) is 22.7 Å². The standard InChI is InChI=1S/C19H25NO/c1-13-10-16-11-15(16)4-9-19(20-12-13)14-2-5-17(6-3-14)21-18-7-8-18/h2-3,5-6,13,15-16,18H,4,7-12H2,1H3. The predicted molar refractivity (Wildman–Crippen MR) is 86.1 cm³/mol. The van der Waals surface area contributed by atoms with Gasteiger partial charge < -0.3 is 4.74 Å². The largest absolute Gasteiger partial charge is 0.490 e. The van der Waals surface area contributed by atoms with E-state index in [4.69, 9.17) is 9.73 Å². The molecule has 3 atom stereocenters. The van der Waals surface area contributed by atoms with Crippen LogP contribution in [0, 0.1) is 17.8 Å². The number of ether oxygens (including phenoxy) is 1. The van der Waals surface area contributed by atoms with Gasteiger partial charge in [0, 0.05) is 12.3 Å². The van der Waals surface area contributed by atoms with Gasteiger partial charge in [0.2, 0.25) is 0 Å². The summed E-state index contributed by atoms with van der Waals surface area (Å²) in [5.41, 5.74) is 2.61. The van der Waals surface area contributed by atoms with Gasteiger partial charge in [0.1, 0.15) is 5.75 Å². The van der Waals surface area contributed by atoms with E-state index in [0.29, 0.717) is 6.10 Å². The van der Waals surface area contributed by atoms with Gasteiger partial charge in [0.25, 0.3) is 0 Å². The maximum absolute atomic E-state index is 5.83. The summed E-state index contributed by atoms with van der Waals surface area (Å²) < 4.78 is 5.83. The van der Waals surface area contributed by atoms with Crippen LogP contribution in [0.2, 0.25) is 0 Å². The molecule has 0 spiro atoms. The average molecular weight is 283 g/mol. The molecule has 2 saturated carbocycles. The summed E-state index contributed by atoms with van der Waals surface area (Å²) in [5, 5.41) is 0. The summed E-state index contributed by atoms with van der Waals surface area (Å²) in [6.07, 6.45) is 8.24. The maximum atomic E-state index is 5.83. The van der Waals surface area contributed by atoms with Crippen molar-refractivity contribution in [3.8, 4) is 5.75 Å². The van der Waals surface area contributed by atoms with E-state index < -0.39 is 0 Å². The monoisotopic (exact) mass is 283 g/mol. The minimum Gasteiger partial charge on any atom is -0.490 e. The SMILES string of the molecule is CC1CN=C(c2ccc(OC3CC3)cc2)CCC2CC2C1. The van der Waals surface area contributed by atoms with Crippen molar-refractivity contribution in [2.45, 2.75) is 51.6 Å². The molecule has 2 aliphatic carbocycles. The Labute approximate surface area is 127 Å². The van der Waals surface area contributed by atoms with Gasteiger partial charge in [-0.2, -0.15) is 0 Å². The molecule has 2 heteroatoms. The lowest BCUT2D eigenvalue weighted by molar-refractivity contribution is 0.303. The van der Waals surface area contributed by atoms with E-state index in [2.05, 4.69) is 31.2 Å². The molecule has 1 aromatic rings. The first kappa shape index (κ1) is 13.4. The van der Waals surface area contributed by atoms with Crippen LogP contribution in [-0.4, -0.2) is 18.4 Å². The van der Waals surface area contributed by atoms with Crippen molar-refractivity contribution in [3.05, 3.63) is 29.8 Å². The zero-order valence-electron chi connectivity index (χ0n) is 12.9. The lowest BCUT2D eigenvalue weighted by Gasteiger charge is -2.10. The summed E-state index contributed by atoms with van der Waals surface area (Å²) in [6.45, 7) is 3.35. The van der Waals surface area contributed by atoms with E-state index in [1.54, 1.807) is 0 Å². The van der Waals surface area contributed by atoms with E-state index in [9.17, 15) is 0 Å². The lowest BCUT2D eigenvalue weighted by atomic mass is 10.0. The van der Waals surface area contributed by atoms with Gasteiger partial charge in [-0.15, -0.1) is 0 Å². The van der Waals surface area contributed by atoms with Crippen LogP contribution in [-0.2, 0) is 0 Å². The zero-order valence-corrected chi connectivity index (χ0v) is 12.9. The zero-order chi connectivity index (χ0) is 14.2. The highest BCUT2D eigenvalue weighted by Crippen LogP contribution is 2.46. The van der Waals surface area contributed by atoms with E-state index in [-0.39, 0.29) is 0 Å². The molecule has 3 unspecified atom stereocenters. The van der Waals surface area contributed by atoms with Crippen molar-refractivity contribution in [1.29, 1.82) is 0 Å². The number of nitrogens with zero attached hydrogens (tertiary/aromatic N) is 1. The molecule has 0 aromatic heterocycles. The molecule has 2 nitrogen and oxygen atoms in total. The molecule has 0 N–H and O–H groups in total. The number of benzene rings is 1. The van der Waals surface area contributed by atoms with Crippen LogP contribution in [0.15, 0.2) is 29.3 Å². The molecule has 0 saturated heterocycles. The smallest absolute Gasteiger partial charge is 0.119 e.